The average molecular weight is 162 g/mol. The van der Waals surface area contributed by atoms with Crippen LogP contribution in [-0.4, -0.2) is 9.97 Å². The lowest BCUT2D eigenvalue weighted by Gasteiger charge is -2.07. The molecule has 0 bridgehead atoms. The van der Waals surface area contributed by atoms with Crippen molar-refractivity contribution in [1.82, 2.24) is 9.97 Å². The number of hydrogen-bond donors (Lipinski definition) is 0. The first-order chi connectivity index (χ1) is 5.92. The molecule has 0 amide bonds. The van der Waals surface area contributed by atoms with Gasteiger partial charge < -0.3 is 0 Å². The average Bonchev–Trinajstić information content (AvgIpc) is 2.50. The Balaban J connectivity index is 2.24. The molecule has 2 nitrogen and oxygen atoms in total. The van der Waals surface area contributed by atoms with E-state index in [2.05, 4.69) is 16.9 Å². The van der Waals surface area contributed by atoms with E-state index in [9.17, 15) is 0 Å². The van der Waals surface area contributed by atoms with Crippen LogP contribution in [0.15, 0.2) is 12.5 Å². The highest BCUT2D eigenvalue weighted by Gasteiger charge is 2.22. The molecule has 1 unspecified atom stereocenters. The summed E-state index contributed by atoms with van der Waals surface area (Å²) in [5.41, 5.74) is 2.68. The lowest BCUT2D eigenvalue weighted by molar-refractivity contribution is 0.607. The number of rotatable bonds is 2. The molecular formula is C10H14N2. The maximum Gasteiger partial charge on any atom is 0.115 e. The predicted molar refractivity (Wildman–Crippen MR) is 48.0 cm³/mol. The van der Waals surface area contributed by atoms with Gasteiger partial charge in [0.2, 0.25) is 0 Å². The van der Waals surface area contributed by atoms with Crippen molar-refractivity contribution < 1.29 is 0 Å². The third-order valence-electron chi connectivity index (χ3n) is 2.63. The third-order valence-corrected chi connectivity index (χ3v) is 2.63. The fraction of sp³-hybridized carbons (Fsp3) is 0.600. The van der Waals surface area contributed by atoms with E-state index in [-0.39, 0.29) is 0 Å². The Kier molecular flexibility index (Phi) is 2.07. The van der Waals surface area contributed by atoms with Gasteiger partial charge in [-0.3, -0.25) is 0 Å². The Bertz CT molecular complexity index is 268. The van der Waals surface area contributed by atoms with E-state index in [1.54, 1.807) is 6.33 Å². The molecule has 0 radical (unpaired) electrons. The Morgan fingerprint density at radius 2 is 2.50 bits per heavy atom. The standard InChI is InChI=1S/C10H14N2/c1-2-3-8-4-5-10-9(8)6-11-7-12-10/h6-8H,2-5H2,1H3. The lowest BCUT2D eigenvalue weighted by Crippen LogP contribution is -1.94. The predicted octanol–water partition coefficient (Wildman–Crippen LogP) is 2.31. The van der Waals surface area contributed by atoms with Gasteiger partial charge in [0.25, 0.3) is 0 Å². The van der Waals surface area contributed by atoms with Crippen LogP contribution in [-0.2, 0) is 6.42 Å². The lowest BCUT2D eigenvalue weighted by atomic mass is 9.99. The van der Waals surface area contributed by atoms with E-state index < -0.39 is 0 Å². The van der Waals surface area contributed by atoms with Gasteiger partial charge in [0, 0.05) is 11.9 Å². The van der Waals surface area contributed by atoms with Gasteiger partial charge in [0.1, 0.15) is 6.33 Å². The quantitative estimate of drug-likeness (QED) is 0.667. The number of hydrogen-bond acceptors (Lipinski definition) is 2. The fourth-order valence-corrected chi connectivity index (χ4v) is 2.03. The molecule has 0 N–H and O–H groups in total. The van der Waals surface area contributed by atoms with Crippen molar-refractivity contribution in [2.45, 2.75) is 38.5 Å². The molecule has 0 aliphatic heterocycles. The monoisotopic (exact) mass is 162 g/mol. The number of nitrogens with zero attached hydrogens (tertiary/aromatic N) is 2. The Morgan fingerprint density at radius 3 is 3.33 bits per heavy atom. The van der Waals surface area contributed by atoms with Gasteiger partial charge in [0.15, 0.2) is 0 Å². The Morgan fingerprint density at radius 1 is 1.58 bits per heavy atom. The Labute approximate surface area is 73.1 Å². The first-order valence-electron chi connectivity index (χ1n) is 4.70. The summed E-state index contributed by atoms with van der Waals surface area (Å²) in [5, 5.41) is 0. The highest BCUT2D eigenvalue weighted by atomic mass is 14.8. The maximum absolute atomic E-state index is 4.28. The van der Waals surface area contributed by atoms with Crippen LogP contribution >= 0.6 is 0 Å². The maximum atomic E-state index is 4.28. The zero-order valence-corrected chi connectivity index (χ0v) is 7.45. The van der Waals surface area contributed by atoms with Crippen molar-refractivity contribution in [3.63, 3.8) is 0 Å². The molecule has 1 atom stereocenters. The second-order valence-corrected chi connectivity index (χ2v) is 3.45. The van der Waals surface area contributed by atoms with E-state index in [0.29, 0.717) is 0 Å². The zero-order valence-electron chi connectivity index (χ0n) is 7.45. The summed E-state index contributed by atoms with van der Waals surface area (Å²) in [6, 6.07) is 0. The molecular weight excluding hydrogens is 148 g/mol. The molecule has 1 aliphatic rings. The van der Waals surface area contributed by atoms with Crippen molar-refractivity contribution in [3.8, 4) is 0 Å². The molecule has 0 saturated heterocycles. The van der Waals surface area contributed by atoms with Crippen LogP contribution in [0.1, 0.15) is 43.4 Å². The van der Waals surface area contributed by atoms with Crippen LogP contribution in [0.25, 0.3) is 0 Å². The fourth-order valence-electron chi connectivity index (χ4n) is 2.03. The second-order valence-electron chi connectivity index (χ2n) is 3.45. The van der Waals surface area contributed by atoms with Gasteiger partial charge >= 0.3 is 0 Å². The van der Waals surface area contributed by atoms with Gasteiger partial charge in [-0.25, -0.2) is 9.97 Å². The van der Waals surface area contributed by atoms with Crippen molar-refractivity contribution in [1.29, 1.82) is 0 Å². The molecule has 1 aliphatic carbocycles. The summed E-state index contributed by atoms with van der Waals surface area (Å²) < 4.78 is 0. The first-order valence-corrected chi connectivity index (χ1v) is 4.70. The van der Waals surface area contributed by atoms with E-state index in [1.165, 1.54) is 30.5 Å². The topological polar surface area (TPSA) is 25.8 Å². The SMILES string of the molecule is CCCC1CCc2ncncc21. The molecule has 1 aromatic rings. The van der Waals surface area contributed by atoms with Crippen LogP contribution in [0, 0.1) is 0 Å². The highest BCUT2D eigenvalue weighted by Crippen LogP contribution is 2.33. The van der Waals surface area contributed by atoms with E-state index in [0.717, 1.165) is 12.3 Å². The largest absolute Gasteiger partial charge is 0.245 e. The Hall–Kier alpha value is -0.920. The van der Waals surface area contributed by atoms with Crippen LogP contribution in [0.4, 0.5) is 0 Å². The van der Waals surface area contributed by atoms with Crippen molar-refractivity contribution in [3.05, 3.63) is 23.8 Å². The van der Waals surface area contributed by atoms with E-state index >= 15 is 0 Å². The van der Waals surface area contributed by atoms with Crippen LogP contribution in [0.3, 0.4) is 0 Å². The van der Waals surface area contributed by atoms with Crippen LogP contribution < -0.4 is 0 Å². The van der Waals surface area contributed by atoms with Gasteiger partial charge in [-0.15, -0.1) is 0 Å². The normalized spacial score (nSPS) is 20.9. The summed E-state index contributed by atoms with van der Waals surface area (Å²) in [6.07, 6.45) is 8.65. The van der Waals surface area contributed by atoms with Crippen molar-refractivity contribution >= 4 is 0 Å². The summed E-state index contributed by atoms with van der Waals surface area (Å²) in [4.78, 5) is 8.36. The second kappa shape index (κ2) is 3.21. The van der Waals surface area contributed by atoms with Gasteiger partial charge in [-0.2, -0.15) is 0 Å². The molecule has 0 spiro atoms. The molecule has 0 aromatic carbocycles. The van der Waals surface area contributed by atoms with E-state index in [4.69, 9.17) is 0 Å². The summed E-state index contributed by atoms with van der Waals surface area (Å²) in [6.45, 7) is 2.24. The minimum Gasteiger partial charge on any atom is -0.245 e. The van der Waals surface area contributed by atoms with Gasteiger partial charge in [-0.05, 0) is 30.7 Å². The summed E-state index contributed by atoms with van der Waals surface area (Å²) >= 11 is 0. The van der Waals surface area contributed by atoms with Crippen molar-refractivity contribution in [2.75, 3.05) is 0 Å². The summed E-state index contributed by atoms with van der Waals surface area (Å²) in [5.74, 6) is 0.742. The minimum absolute atomic E-state index is 0.742. The number of aromatic nitrogens is 2. The molecule has 1 heterocycles. The zero-order chi connectivity index (χ0) is 8.39. The molecule has 0 saturated carbocycles. The minimum atomic E-state index is 0.742. The number of fused-ring (bicyclic) bond motifs is 1. The molecule has 1 aromatic heterocycles. The summed E-state index contributed by atoms with van der Waals surface area (Å²) in [7, 11) is 0. The molecule has 0 fully saturated rings. The van der Waals surface area contributed by atoms with Gasteiger partial charge in [0.05, 0.1) is 0 Å². The first kappa shape index (κ1) is 7.71. The molecule has 2 rings (SSSR count). The smallest absolute Gasteiger partial charge is 0.115 e. The molecule has 2 heteroatoms. The number of aryl methyl sites for hydroxylation is 1. The third kappa shape index (κ3) is 1.22. The van der Waals surface area contributed by atoms with Crippen molar-refractivity contribution in [2.24, 2.45) is 0 Å². The van der Waals surface area contributed by atoms with Crippen LogP contribution in [0.2, 0.25) is 0 Å². The van der Waals surface area contributed by atoms with E-state index in [1.807, 2.05) is 6.20 Å². The molecule has 12 heavy (non-hydrogen) atoms. The molecule has 64 valence electrons. The van der Waals surface area contributed by atoms with Gasteiger partial charge in [-0.1, -0.05) is 13.3 Å². The van der Waals surface area contributed by atoms with Crippen LogP contribution in [0.5, 0.6) is 0 Å². The highest BCUT2D eigenvalue weighted by molar-refractivity contribution is 5.26.